The summed E-state index contributed by atoms with van der Waals surface area (Å²) in [5, 5.41) is 7.52. The van der Waals surface area contributed by atoms with Crippen molar-refractivity contribution in [1.82, 2.24) is 10.6 Å². The summed E-state index contributed by atoms with van der Waals surface area (Å²) in [5.41, 5.74) is 0.162. The van der Waals surface area contributed by atoms with E-state index in [9.17, 15) is 18.4 Å². The van der Waals surface area contributed by atoms with Crippen molar-refractivity contribution in [2.75, 3.05) is 12.4 Å². The third-order valence-corrected chi connectivity index (χ3v) is 4.16. The van der Waals surface area contributed by atoms with Crippen LogP contribution in [-0.4, -0.2) is 19.0 Å². The van der Waals surface area contributed by atoms with Crippen LogP contribution in [0, 0.1) is 11.6 Å². The lowest BCUT2D eigenvalue weighted by Gasteiger charge is -2.29. The first kappa shape index (κ1) is 18.4. The van der Waals surface area contributed by atoms with E-state index < -0.39 is 35.2 Å². The van der Waals surface area contributed by atoms with Crippen LogP contribution in [0.15, 0.2) is 53.7 Å². The minimum Gasteiger partial charge on any atom is -0.495 e. The van der Waals surface area contributed by atoms with Gasteiger partial charge in [-0.05, 0) is 31.2 Å². The molecule has 0 spiro atoms. The number of ether oxygens (including phenoxy) is 1. The maximum absolute atomic E-state index is 14.3. The van der Waals surface area contributed by atoms with Gasteiger partial charge in [-0.3, -0.25) is 4.79 Å². The van der Waals surface area contributed by atoms with Crippen LogP contribution < -0.4 is 20.7 Å². The molecule has 3 N–H and O–H groups in total. The third-order valence-electron chi connectivity index (χ3n) is 4.16. The average molecular weight is 373 g/mol. The van der Waals surface area contributed by atoms with E-state index in [-0.39, 0.29) is 11.3 Å². The lowest BCUT2D eigenvalue weighted by Crippen LogP contribution is -2.46. The number of benzene rings is 2. The average Bonchev–Trinajstić information content (AvgIpc) is 2.61. The molecule has 6 nitrogen and oxygen atoms in total. The first-order chi connectivity index (χ1) is 12.9. The number of anilines is 1. The first-order valence-electron chi connectivity index (χ1n) is 8.09. The van der Waals surface area contributed by atoms with Crippen molar-refractivity contribution >= 4 is 17.6 Å². The number of hydrogen-bond acceptors (Lipinski definition) is 3. The van der Waals surface area contributed by atoms with Gasteiger partial charge in [-0.25, -0.2) is 13.6 Å². The molecule has 140 valence electrons. The predicted molar refractivity (Wildman–Crippen MR) is 95.1 cm³/mol. The highest BCUT2D eigenvalue weighted by molar-refractivity contribution is 6.07. The third kappa shape index (κ3) is 3.59. The molecule has 3 rings (SSSR count). The van der Waals surface area contributed by atoms with Gasteiger partial charge in [-0.1, -0.05) is 18.2 Å². The topological polar surface area (TPSA) is 79.5 Å². The lowest BCUT2D eigenvalue weighted by molar-refractivity contribution is -0.113. The van der Waals surface area contributed by atoms with Gasteiger partial charge in [0.2, 0.25) is 0 Å². The smallest absolute Gasteiger partial charge is 0.319 e. The molecule has 1 aliphatic rings. The Morgan fingerprint density at radius 3 is 2.44 bits per heavy atom. The zero-order valence-corrected chi connectivity index (χ0v) is 14.6. The number of halogens is 2. The van der Waals surface area contributed by atoms with E-state index in [4.69, 9.17) is 4.74 Å². The second-order valence-corrected chi connectivity index (χ2v) is 5.86. The Morgan fingerprint density at radius 2 is 1.78 bits per heavy atom. The van der Waals surface area contributed by atoms with Gasteiger partial charge in [0.15, 0.2) is 0 Å². The molecule has 0 fully saturated rings. The Morgan fingerprint density at radius 1 is 1.11 bits per heavy atom. The van der Waals surface area contributed by atoms with Crippen molar-refractivity contribution in [3.63, 3.8) is 0 Å². The van der Waals surface area contributed by atoms with Crippen molar-refractivity contribution < 1.29 is 23.1 Å². The van der Waals surface area contributed by atoms with E-state index in [2.05, 4.69) is 16.0 Å². The molecule has 27 heavy (non-hydrogen) atoms. The Balaban J connectivity index is 2.03. The van der Waals surface area contributed by atoms with Crippen molar-refractivity contribution in [1.29, 1.82) is 0 Å². The fourth-order valence-electron chi connectivity index (χ4n) is 2.94. The van der Waals surface area contributed by atoms with E-state index in [0.29, 0.717) is 11.4 Å². The summed E-state index contributed by atoms with van der Waals surface area (Å²) in [6.07, 6.45) is 0. The number of allylic oxidation sites excluding steroid dienone is 1. The number of para-hydroxylation sites is 2. The Kier molecular flexibility index (Phi) is 5.07. The molecule has 2 aromatic rings. The molecule has 0 aliphatic carbocycles. The van der Waals surface area contributed by atoms with Crippen molar-refractivity contribution in [3.8, 4) is 5.75 Å². The summed E-state index contributed by atoms with van der Waals surface area (Å²) in [6.45, 7) is 1.49. The molecule has 2 aromatic carbocycles. The van der Waals surface area contributed by atoms with Crippen LogP contribution in [-0.2, 0) is 4.79 Å². The highest BCUT2D eigenvalue weighted by Gasteiger charge is 2.34. The predicted octanol–water partition coefficient (Wildman–Crippen LogP) is 3.24. The highest BCUT2D eigenvalue weighted by atomic mass is 19.1. The summed E-state index contributed by atoms with van der Waals surface area (Å²) in [6, 6.07) is 8.13. The fraction of sp³-hybridized carbons (Fsp3) is 0.158. The second kappa shape index (κ2) is 7.45. The van der Waals surface area contributed by atoms with Crippen LogP contribution in [0.25, 0.3) is 0 Å². The Hall–Kier alpha value is -3.42. The molecule has 1 heterocycles. The van der Waals surface area contributed by atoms with Gasteiger partial charge in [0, 0.05) is 5.70 Å². The zero-order valence-electron chi connectivity index (χ0n) is 14.6. The molecule has 3 amide bonds. The molecule has 1 unspecified atom stereocenters. The maximum Gasteiger partial charge on any atom is 0.319 e. The van der Waals surface area contributed by atoms with Crippen molar-refractivity contribution in [3.05, 3.63) is 70.9 Å². The lowest BCUT2D eigenvalue weighted by atomic mass is 9.94. The van der Waals surface area contributed by atoms with Gasteiger partial charge in [-0.15, -0.1) is 0 Å². The van der Waals surface area contributed by atoms with Gasteiger partial charge in [0.05, 0.1) is 30.0 Å². The fourth-order valence-corrected chi connectivity index (χ4v) is 2.94. The Labute approximate surface area is 154 Å². The summed E-state index contributed by atoms with van der Waals surface area (Å²) < 4.78 is 33.8. The molecular weight excluding hydrogens is 356 g/mol. The summed E-state index contributed by atoms with van der Waals surface area (Å²) in [7, 11) is 1.45. The SMILES string of the molecule is COc1ccccc1NC(=O)C1=C(C)NC(=O)NC1c1c(F)cccc1F. The van der Waals surface area contributed by atoms with Gasteiger partial charge in [-0.2, -0.15) is 0 Å². The monoisotopic (exact) mass is 373 g/mol. The number of carbonyl (C=O) groups is 2. The van der Waals surface area contributed by atoms with E-state index in [1.807, 2.05) is 0 Å². The number of nitrogens with one attached hydrogen (secondary N) is 3. The molecule has 0 bridgehead atoms. The first-order valence-corrected chi connectivity index (χ1v) is 8.09. The van der Waals surface area contributed by atoms with Crippen LogP contribution in [0.2, 0.25) is 0 Å². The molecule has 0 radical (unpaired) electrons. The number of methoxy groups -OCH3 is 1. The number of carbonyl (C=O) groups excluding carboxylic acids is 2. The molecule has 0 saturated heterocycles. The molecular formula is C19H17F2N3O3. The van der Waals surface area contributed by atoms with Crippen LogP contribution in [0.3, 0.4) is 0 Å². The van der Waals surface area contributed by atoms with Crippen LogP contribution in [0.1, 0.15) is 18.5 Å². The normalized spacial score (nSPS) is 16.4. The van der Waals surface area contributed by atoms with E-state index >= 15 is 0 Å². The van der Waals surface area contributed by atoms with E-state index in [1.165, 1.54) is 20.1 Å². The van der Waals surface area contributed by atoms with Crippen LogP contribution in [0.4, 0.5) is 19.3 Å². The quantitative estimate of drug-likeness (QED) is 0.770. The largest absolute Gasteiger partial charge is 0.495 e. The number of hydrogen-bond donors (Lipinski definition) is 3. The molecule has 8 heteroatoms. The minimum atomic E-state index is -1.28. The molecule has 0 aromatic heterocycles. The zero-order chi connectivity index (χ0) is 19.6. The van der Waals surface area contributed by atoms with Crippen molar-refractivity contribution in [2.24, 2.45) is 0 Å². The van der Waals surface area contributed by atoms with Crippen LogP contribution >= 0.6 is 0 Å². The summed E-state index contributed by atoms with van der Waals surface area (Å²) in [5.74, 6) is -1.93. The second-order valence-electron chi connectivity index (χ2n) is 5.86. The van der Waals surface area contributed by atoms with Gasteiger partial charge >= 0.3 is 6.03 Å². The standard InChI is InChI=1S/C19H17F2N3O3/c1-10-15(18(25)23-13-8-3-4-9-14(13)27-2)17(24-19(26)22-10)16-11(20)6-5-7-12(16)21/h3-9,17H,1-2H3,(H,23,25)(H2,22,24,26). The van der Waals surface area contributed by atoms with Crippen molar-refractivity contribution in [2.45, 2.75) is 13.0 Å². The number of urea groups is 1. The maximum atomic E-state index is 14.3. The number of amides is 3. The molecule has 1 aliphatic heterocycles. The van der Waals surface area contributed by atoms with Gasteiger partial charge in [0.25, 0.3) is 5.91 Å². The summed E-state index contributed by atoms with van der Waals surface area (Å²) >= 11 is 0. The summed E-state index contributed by atoms with van der Waals surface area (Å²) in [4.78, 5) is 24.8. The minimum absolute atomic E-state index is 0.00972. The molecule has 1 atom stereocenters. The number of rotatable bonds is 4. The molecule has 0 saturated carbocycles. The van der Waals surface area contributed by atoms with Gasteiger partial charge in [0.1, 0.15) is 17.4 Å². The Bertz CT molecular complexity index is 923. The highest BCUT2D eigenvalue weighted by Crippen LogP contribution is 2.32. The van der Waals surface area contributed by atoms with Gasteiger partial charge < -0.3 is 20.7 Å². The van der Waals surface area contributed by atoms with E-state index in [0.717, 1.165) is 12.1 Å². The van der Waals surface area contributed by atoms with E-state index in [1.54, 1.807) is 24.3 Å². The van der Waals surface area contributed by atoms with Crippen LogP contribution in [0.5, 0.6) is 5.75 Å².